The Morgan fingerprint density at radius 3 is 1.89 bits per heavy atom. The number of likely N-dealkylation sites (N-methyl/N-ethyl adjacent to an activating group) is 1. The van der Waals surface area contributed by atoms with Crippen LogP contribution in [0.4, 0.5) is 11.4 Å². The van der Waals surface area contributed by atoms with Crippen molar-refractivity contribution in [1.82, 2.24) is 9.21 Å². The van der Waals surface area contributed by atoms with E-state index >= 15 is 0 Å². The molecule has 0 bridgehead atoms. The second-order valence-corrected chi connectivity index (χ2v) is 11.4. The van der Waals surface area contributed by atoms with Gasteiger partial charge in [-0.3, -0.25) is 4.79 Å². The molecule has 1 N–H and O–H groups in total. The zero-order valence-electron chi connectivity index (χ0n) is 22.5. The van der Waals surface area contributed by atoms with E-state index in [2.05, 4.69) is 22.0 Å². The summed E-state index contributed by atoms with van der Waals surface area (Å²) in [7, 11) is -3.69. The third kappa shape index (κ3) is 6.09. The maximum atomic E-state index is 14.0. The average Bonchev–Trinajstić information content (AvgIpc) is 2.95. The Kier molecular flexibility index (Phi) is 9.20. The first kappa shape index (κ1) is 27.8. The van der Waals surface area contributed by atoms with Crippen LogP contribution in [-0.2, 0) is 14.8 Å². The van der Waals surface area contributed by atoms with Crippen molar-refractivity contribution in [2.24, 2.45) is 0 Å². The van der Waals surface area contributed by atoms with Crippen molar-refractivity contribution < 1.29 is 13.2 Å². The average molecular weight is 535 g/mol. The first-order valence-corrected chi connectivity index (χ1v) is 14.8. The molecule has 1 aliphatic rings. The highest BCUT2D eigenvalue weighted by molar-refractivity contribution is 7.89. The third-order valence-corrected chi connectivity index (χ3v) is 9.30. The zero-order chi connectivity index (χ0) is 27.1. The van der Waals surface area contributed by atoms with E-state index in [1.807, 2.05) is 80.6 Å². The number of carbonyl (C=O) groups excluding carboxylic acids is 1. The smallest absolute Gasteiger partial charge is 0.243 e. The summed E-state index contributed by atoms with van der Waals surface area (Å²) in [4.78, 5) is 18.8. The molecule has 0 atom stereocenters. The predicted octanol–water partition coefficient (Wildman–Crippen LogP) is 4.63. The van der Waals surface area contributed by atoms with Crippen LogP contribution >= 0.6 is 0 Å². The predicted molar refractivity (Wildman–Crippen MR) is 154 cm³/mol. The normalized spacial score (nSPS) is 14.7. The number of carbonyl (C=O) groups is 1. The lowest BCUT2D eigenvalue weighted by atomic mass is 9.90. The molecular formula is C30H38N4O3S. The summed E-state index contributed by atoms with van der Waals surface area (Å²) < 4.78 is 28.2. The molecule has 0 radical (unpaired) electrons. The minimum atomic E-state index is -3.69. The highest BCUT2D eigenvalue weighted by atomic mass is 32.2. The Hall–Kier alpha value is -3.20. The van der Waals surface area contributed by atoms with E-state index in [4.69, 9.17) is 0 Å². The zero-order valence-corrected chi connectivity index (χ0v) is 23.3. The van der Waals surface area contributed by atoms with Crippen LogP contribution < -0.4 is 10.2 Å². The van der Waals surface area contributed by atoms with Gasteiger partial charge in [0.15, 0.2) is 0 Å². The van der Waals surface area contributed by atoms with Crippen molar-refractivity contribution >= 4 is 27.3 Å². The summed E-state index contributed by atoms with van der Waals surface area (Å²) in [6, 6.07) is 24.5. The van der Waals surface area contributed by atoms with Gasteiger partial charge in [0.25, 0.3) is 0 Å². The number of hydrogen-bond acceptors (Lipinski definition) is 5. The maximum absolute atomic E-state index is 14.0. The molecule has 7 nitrogen and oxygen atoms in total. The van der Waals surface area contributed by atoms with Crippen LogP contribution in [0, 0.1) is 0 Å². The number of rotatable bonds is 10. The fraction of sp³-hybridized carbons (Fsp3) is 0.367. The van der Waals surface area contributed by atoms with Crippen molar-refractivity contribution in [2.45, 2.75) is 31.6 Å². The highest BCUT2D eigenvalue weighted by Gasteiger charge is 2.28. The van der Waals surface area contributed by atoms with E-state index in [0.29, 0.717) is 18.8 Å². The minimum absolute atomic E-state index is 0.184. The van der Waals surface area contributed by atoms with Gasteiger partial charge >= 0.3 is 0 Å². The summed E-state index contributed by atoms with van der Waals surface area (Å²) in [5.74, 6) is -0.738. The van der Waals surface area contributed by atoms with Crippen LogP contribution in [-0.4, -0.2) is 69.3 Å². The van der Waals surface area contributed by atoms with E-state index in [0.717, 1.165) is 49.5 Å². The Labute approximate surface area is 227 Å². The Morgan fingerprint density at radius 1 is 0.842 bits per heavy atom. The van der Waals surface area contributed by atoms with Crippen molar-refractivity contribution in [2.75, 3.05) is 56.0 Å². The number of sulfonamides is 1. The number of benzene rings is 3. The molecule has 1 saturated heterocycles. The summed E-state index contributed by atoms with van der Waals surface area (Å²) in [6.07, 6.45) is 0. The van der Waals surface area contributed by atoms with Crippen molar-refractivity contribution in [3.05, 3.63) is 90.0 Å². The molecular weight excluding hydrogens is 496 g/mol. The lowest BCUT2D eigenvalue weighted by molar-refractivity contribution is -0.116. The topological polar surface area (TPSA) is 73.0 Å². The molecule has 4 rings (SSSR count). The molecule has 38 heavy (non-hydrogen) atoms. The standard InChI is InChI=1S/C30H38N4O3S/c1-4-32-19-21-33(22-20-32)28-18-17-26(38(36,37)34(5-2)6-3)23-27(28)31-30(35)29(24-13-9-7-10-14-24)25-15-11-8-12-16-25/h7-18,23,29H,4-6,19-22H2,1-3H3,(H,31,35). The number of amides is 1. The van der Waals surface area contributed by atoms with Crippen LogP contribution in [0.25, 0.3) is 0 Å². The van der Waals surface area contributed by atoms with E-state index in [1.54, 1.807) is 12.1 Å². The number of piperazine rings is 1. The summed E-state index contributed by atoms with van der Waals surface area (Å²) in [5, 5.41) is 3.14. The molecule has 202 valence electrons. The lowest BCUT2D eigenvalue weighted by Crippen LogP contribution is -2.46. The van der Waals surface area contributed by atoms with Gasteiger partial charge in [-0.25, -0.2) is 8.42 Å². The van der Waals surface area contributed by atoms with Gasteiger partial charge in [-0.05, 0) is 35.9 Å². The molecule has 0 spiro atoms. The summed E-state index contributed by atoms with van der Waals surface area (Å²) >= 11 is 0. The summed E-state index contributed by atoms with van der Waals surface area (Å²) in [6.45, 7) is 11.0. The number of hydrogen-bond donors (Lipinski definition) is 1. The summed E-state index contributed by atoms with van der Waals surface area (Å²) in [5.41, 5.74) is 3.11. The number of anilines is 2. The third-order valence-electron chi connectivity index (χ3n) is 7.26. The van der Waals surface area contributed by atoms with Gasteiger partial charge < -0.3 is 15.1 Å². The van der Waals surface area contributed by atoms with Crippen LogP contribution in [0.15, 0.2) is 83.8 Å². The second kappa shape index (κ2) is 12.6. The molecule has 1 fully saturated rings. The minimum Gasteiger partial charge on any atom is -0.367 e. The Morgan fingerprint density at radius 2 is 1.39 bits per heavy atom. The molecule has 1 aliphatic heterocycles. The molecule has 0 unspecified atom stereocenters. The SMILES string of the molecule is CCN1CCN(c2ccc(S(=O)(=O)N(CC)CC)cc2NC(=O)C(c2ccccc2)c2ccccc2)CC1. The molecule has 1 heterocycles. The second-order valence-electron chi connectivity index (χ2n) is 9.43. The van der Waals surface area contributed by atoms with Gasteiger partial charge in [0.1, 0.15) is 0 Å². The molecule has 0 aromatic heterocycles. The largest absolute Gasteiger partial charge is 0.367 e. The molecule has 3 aromatic rings. The molecule has 8 heteroatoms. The van der Waals surface area contributed by atoms with Gasteiger partial charge in [0.05, 0.1) is 22.2 Å². The van der Waals surface area contributed by atoms with E-state index in [9.17, 15) is 13.2 Å². The monoisotopic (exact) mass is 534 g/mol. The molecule has 3 aromatic carbocycles. The van der Waals surface area contributed by atoms with Crippen molar-refractivity contribution in [3.8, 4) is 0 Å². The van der Waals surface area contributed by atoms with Gasteiger partial charge in [0, 0.05) is 39.3 Å². The van der Waals surface area contributed by atoms with E-state index < -0.39 is 15.9 Å². The fourth-order valence-corrected chi connectivity index (χ4v) is 6.54. The van der Waals surface area contributed by atoms with E-state index in [-0.39, 0.29) is 10.8 Å². The van der Waals surface area contributed by atoms with Crippen LogP contribution in [0.2, 0.25) is 0 Å². The molecule has 1 amide bonds. The van der Waals surface area contributed by atoms with Crippen LogP contribution in [0.1, 0.15) is 37.8 Å². The van der Waals surface area contributed by atoms with Gasteiger partial charge in [-0.1, -0.05) is 81.4 Å². The first-order chi connectivity index (χ1) is 18.4. The van der Waals surface area contributed by atoms with Gasteiger partial charge in [0.2, 0.25) is 15.9 Å². The Bertz CT molecular complexity index is 1260. The number of nitrogens with zero attached hydrogens (tertiary/aromatic N) is 3. The molecule has 0 saturated carbocycles. The van der Waals surface area contributed by atoms with Gasteiger partial charge in [-0.15, -0.1) is 0 Å². The van der Waals surface area contributed by atoms with Crippen LogP contribution in [0.3, 0.4) is 0 Å². The van der Waals surface area contributed by atoms with Crippen LogP contribution in [0.5, 0.6) is 0 Å². The first-order valence-electron chi connectivity index (χ1n) is 13.4. The van der Waals surface area contributed by atoms with Crippen molar-refractivity contribution in [1.29, 1.82) is 0 Å². The highest BCUT2D eigenvalue weighted by Crippen LogP contribution is 2.33. The molecule has 0 aliphatic carbocycles. The quantitative estimate of drug-likeness (QED) is 0.411. The maximum Gasteiger partial charge on any atom is 0.243 e. The van der Waals surface area contributed by atoms with E-state index in [1.165, 1.54) is 4.31 Å². The Balaban J connectivity index is 1.75. The lowest BCUT2D eigenvalue weighted by Gasteiger charge is -2.36. The van der Waals surface area contributed by atoms with Crippen molar-refractivity contribution in [3.63, 3.8) is 0 Å². The fourth-order valence-electron chi connectivity index (χ4n) is 5.06. The van der Waals surface area contributed by atoms with Gasteiger partial charge in [-0.2, -0.15) is 4.31 Å². The number of nitrogens with one attached hydrogen (secondary N) is 1.